The number of aliphatic hydroxyl groups excluding tert-OH is 1. The van der Waals surface area contributed by atoms with E-state index < -0.39 is 23.5 Å². The van der Waals surface area contributed by atoms with Crippen LogP contribution in [0.3, 0.4) is 0 Å². The number of aliphatic hydroxyl groups is 1. The van der Waals surface area contributed by atoms with Crippen molar-refractivity contribution in [1.29, 1.82) is 0 Å². The average molecular weight is 549 g/mol. The maximum atomic E-state index is 13.5. The fourth-order valence-electron chi connectivity index (χ4n) is 4.98. The summed E-state index contributed by atoms with van der Waals surface area (Å²) in [7, 11) is 1.57. The van der Waals surface area contributed by atoms with Crippen LogP contribution < -0.4 is 9.47 Å². The zero-order valence-corrected chi connectivity index (χ0v) is 23.7. The Labute approximate surface area is 236 Å². The van der Waals surface area contributed by atoms with Crippen molar-refractivity contribution >= 4 is 17.8 Å². The number of hydrogen-bond donors (Lipinski definition) is 1. The van der Waals surface area contributed by atoms with Crippen molar-refractivity contribution in [2.45, 2.75) is 32.7 Å². The van der Waals surface area contributed by atoms with E-state index in [0.29, 0.717) is 55.8 Å². The van der Waals surface area contributed by atoms with Gasteiger partial charge in [-0.3, -0.25) is 14.5 Å². The smallest absolute Gasteiger partial charge is 0.290 e. The number of morpholine rings is 1. The van der Waals surface area contributed by atoms with Gasteiger partial charge in [0.1, 0.15) is 0 Å². The van der Waals surface area contributed by atoms with Gasteiger partial charge in [-0.2, -0.15) is 0 Å². The van der Waals surface area contributed by atoms with Crippen LogP contribution in [0.5, 0.6) is 11.5 Å². The van der Waals surface area contributed by atoms with Crippen molar-refractivity contribution < 1.29 is 28.9 Å². The molecule has 0 saturated carbocycles. The van der Waals surface area contributed by atoms with E-state index in [-0.39, 0.29) is 5.57 Å². The molecule has 2 aromatic carbocycles. The zero-order valence-electron chi connectivity index (χ0n) is 23.7. The lowest BCUT2D eigenvalue weighted by Gasteiger charge is -2.30. The molecule has 8 heteroatoms. The SMILES string of the molecule is COc1cc(C2C(C(=O)/C=C/c3ccccc3)=C(O)C(=O)N2CCCN2CCOCC2)ccc1OCCC(C)C. The number of rotatable bonds is 13. The van der Waals surface area contributed by atoms with Crippen LogP contribution in [-0.2, 0) is 14.3 Å². The van der Waals surface area contributed by atoms with E-state index in [1.54, 1.807) is 24.2 Å². The number of carbonyl (C=O) groups is 2. The van der Waals surface area contributed by atoms with Crippen LogP contribution in [0.15, 0.2) is 65.9 Å². The monoisotopic (exact) mass is 548 g/mol. The summed E-state index contributed by atoms with van der Waals surface area (Å²) in [6, 6.07) is 14.1. The van der Waals surface area contributed by atoms with Crippen molar-refractivity contribution in [3.05, 3.63) is 77.1 Å². The summed E-state index contributed by atoms with van der Waals surface area (Å²) in [5.74, 6) is 0.160. The molecule has 2 aliphatic rings. The Balaban J connectivity index is 1.61. The van der Waals surface area contributed by atoms with Gasteiger partial charge in [-0.05, 0) is 48.1 Å². The molecule has 2 aromatic rings. The summed E-state index contributed by atoms with van der Waals surface area (Å²) in [4.78, 5) is 30.7. The number of amides is 1. The summed E-state index contributed by atoms with van der Waals surface area (Å²) < 4.78 is 17.0. The summed E-state index contributed by atoms with van der Waals surface area (Å²) in [5, 5.41) is 11.0. The molecule has 1 fully saturated rings. The van der Waals surface area contributed by atoms with Gasteiger partial charge in [0.25, 0.3) is 5.91 Å². The van der Waals surface area contributed by atoms with Gasteiger partial charge in [-0.15, -0.1) is 0 Å². The van der Waals surface area contributed by atoms with E-state index in [0.717, 1.165) is 31.6 Å². The molecular formula is C32H40N2O6. The molecule has 0 aliphatic carbocycles. The third kappa shape index (κ3) is 7.31. The Morgan fingerprint density at radius 2 is 1.85 bits per heavy atom. The van der Waals surface area contributed by atoms with Crippen LogP contribution in [0.2, 0.25) is 0 Å². The molecule has 2 heterocycles. The highest BCUT2D eigenvalue weighted by Gasteiger charge is 2.43. The third-order valence-corrected chi connectivity index (χ3v) is 7.23. The lowest BCUT2D eigenvalue weighted by atomic mass is 9.95. The van der Waals surface area contributed by atoms with Crippen molar-refractivity contribution in [1.82, 2.24) is 9.80 Å². The minimum absolute atomic E-state index is 0.0686. The second-order valence-electron chi connectivity index (χ2n) is 10.5. The summed E-state index contributed by atoms with van der Waals surface area (Å²) in [6.45, 7) is 9.11. The zero-order chi connectivity index (χ0) is 28.5. The highest BCUT2D eigenvalue weighted by Crippen LogP contribution is 2.41. The lowest BCUT2D eigenvalue weighted by Crippen LogP contribution is -2.39. The fraction of sp³-hybridized carbons (Fsp3) is 0.438. The summed E-state index contributed by atoms with van der Waals surface area (Å²) in [6.07, 6.45) is 4.71. The first-order valence-corrected chi connectivity index (χ1v) is 14.0. The van der Waals surface area contributed by atoms with Gasteiger partial charge in [0, 0.05) is 26.2 Å². The molecule has 1 unspecified atom stereocenters. The Morgan fingerprint density at radius 1 is 1.10 bits per heavy atom. The molecular weight excluding hydrogens is 508 g/mol. The predicted octanol–water partition coefficient (Wildman–Crippen LogP) is 4.82. The number of hydrogen-bond acceptors (Lipinski definition) is 7. The van der Waals surface area contributed by atoms with Crippen LogP contribution in [0, 0.1) is 5.92 Å². The quantitative estimate of drug-likeness (QED) is 0.359. The van der Waals surface area contributed by atoms with E-state index in [2.05, 4.69) is 18.7 Å². The number of carbonyl (C=O) groups excluding carboxylic acids is 2. The van der Waals surface area contributed by atoms with Crippen LogP contribution in [0.25, 0.3) is 6.08 Å². The first-order valence-electron chi connectivity index (χ1n) is 14.0. The summed E-state index contributed by atoms with van der Waals surface area (Å²) in [5.41, 5.74) is 1.59. The second kappa shape index (κ2) is 14.1. The van der Waals surface area contributed by atoms with Crippen molar-refractivity contribution in [2.24, 2.45) is 5.92 Å². The standard InChI is InChI=1S/C32H40N2O6/c1-23(2)14-19-40-27-13-11-25(22-28(27)38-3)30-29(26(35)12-10-24-8-5-4-6-9-24)31(36)32(37)34(30)16-7-15-33-17-20-39-21-18-33/h4-6,8-13,22-23,30,36H,7,14-21H2,1-3H3/b12-10+. The van der Waals surface area contributed by atoms with Gasteiger partial charge >= 0.3 is 0 Å². The third-order valence-electron chi connectivity index (χ3n) is 7.23. The second-order valence-corrected chi connectivity index (χ2v) is 10.5. The molecule has 40 heavy (non-hydrogen) atoms. The Hall–Kier alpha value is -3.62. The van der Waals surface area contributed by atoms with Gasteiger partial charge in [-0.25, -0.2) is 0 Å². The number of benzene rings is 2. The maximum absolute atomic E-state index is 13.5. The molecule has 1 amide bonds. The maximum Gasteiger partial charge on any atom is 0.290 e. The molecule has 4 rings (SSSR count). The fourth-order valence-corrected chi connectivity index (χ4v) is 4.98. The van der Waals surface area contributed by atoms with E-state index in [1.165, 1.54) is 6.08 Å². The number of nitrogens with zero attached hydrogens (tertiary/aromatic N) is 2. The van der Waals surface area contributed by atoms with Crippen LogP contribution in [-0.4, -0.2) is 79.7 Å². The van der Waals surface area contributed by atoms with Crippen LogP contribution in [0.1, 0.15) is 43.9 Å². The molecule has 214 valence electrons. The van der Waals surface area contributed by atoms with Crippen molar-refractivity contribution in [2.75, 3.05) is 53.1 Å². The first-order chi connectivity index (χ1) is 19.4. The molecule has 0 radical (unpaired) electrons. The van der Waals surface area contributed by atoms with Gasteiger partial charge in [-0.1, -0.05) is 56.3 Å². The minimum Gasteiger partial charge on any atom is -0.503 e. The highest BCUT2D eigenvalue weighted by molar-refractivity contribution is 6.14. The molecule has 8 nitrogen and oxygen atoms in total. The number of ketones is 1. The number of methoxy groups -OCH3 is 1. The minimum atomic E-state index is -0.747. The molecule has 0 bridgehead atoms. The first kappa shape index (κ1) is 29.4. The lowest BCUT2D eigenvalue weighted by molar-refractivity contribution is -0.129. The molecule has 0 spiro atoms. The van der Waals surface area contributed by atoms with Crippen molar-refractivity contribution in [3.63, 3.8) is 0 Å². The topological polar surface area (TPSA) is 88.5 Å². The van der Waals surface area contributed by atoms with Gasteiger partial charge in [0.2, 0.25) is 0 Å². The molecule has 1 N–H and O–H groups in total. The van der Waals surface area contributed by atoms with Gasteiger partial charge in [0.05, 0.1) is 38.5 Å². The van der Waals surface area contributed by atoms with Gasteiger partial charge in [0.15, 0.2) is 23.0 Å². The molecule has 1 saturated heterocycles. The number of allylic oxidation sites excluding steroid dienone is 1. The van der Waals surface area contributed by atoms with Gasteiger partial charge < -0.3 is 24.2 Å². The van der Waals surface area contributed by atoms with E-state index in [4.69, 9.17) is 14.2 Å². The Kier molecular flexibility index (Phi) is 10.4. The van der Waals surface area contributed by atoms with E-state index >= 15 is 0 Å². The van der Waals surface area contributed by atoms with Crippen LogP contribution >= 0.6 is 0 Å². The molecule has 0 aromatic heterocycles. The average Bonchev–Trinajstić information content (AvgIpc) is 3.22. The van der Waals surface area contributed by atoms with E-state index in [9.17, 15) is 14.7 Å². The molecule has 2 aliphatic heterocycles. The highest BCUT2D eigenvalue weighted by atomic mass is 16.5. The normalized spacial score (nSPS) is 18.2. The molecule has 1 atom stereocenters. The Morgan fingerprint density at radius 3 is 2.55 bits per heavy atom. The van der Waals surface area contributed by atoms with Crippen LogP contribution in [0.4, 0.5) is 0 Å². The largest absolute Gasteiger partial charge is 0.503 e. The van der Waals surface area contributed by atoms with Crippen molar-refractivity contribution in [3.8, 4) is 11.5 Å². The van der Waals surface area contributed by atoms with E-state index in [1.807, 2.05) is 42.5 Å². The number of ether oxygens (including phenoxy) is 3. The Bertz CT molecular complexity index is 1220. The predicted molar refractivity (Wildman–Crippen MR) is 154 cm³/mol. The summed E-state index contributed by atoms with van der Waals surface area (Å²) >= 11 is 0.